The zero-order chi connectivity index (χ0) is 26.8. The molecule has 2 aliphatic rings. The SMILES string of the molecule is CCCOc1cccc(N2C(=O)C(=O)/C(=C(\O)c3ccc4c(c3)N(C)CCO4)C2c2ccc(CC)cc2)c1. The van der Waals surface area contributed by atoms with Gasteiger partial charge >= 0.3 is 0 Å². The number of aliphatic hydroxyl groups excluding tert-OH is 1. The molecular weight excluding hydrogens is 480 g/mol. The largest absolute Gasteiger partial charge is 0.507 e. The zero-order valence-corrected chi connectivity index (χ0v) is 21.9. The van der Waals surface area contributed by atoms with Crippen LogP contribution in [0, 0.1) is 0 Å². The Morgan fingerprint density at radius 2 is 1.84 bits per heavy atom. The molecule has 0 bridgehead atoms. The van der Waals surface area contributed by atoms with E-state index in [9.17, 15) is 14.7 Å². The van der Waals surface area contributed by atoms with Crippen molar-refractivity contribution in [2.75, 3.05) is 36.6 Å². The van der Waals surface area contributed by atoms with E-state index < -0.39 is 17.7 Å². The number of ether oxygens (including phenoxy) is 2. The van der Waals surface area contributed by atoms with Crippen LogP contribution in [0.4, 0.5) is 11.4 Å². The van der Waals surface area contributed by atoms with E-state index in [4.69, 9.17) is 9.47 Å². The first-order valence-corrected chi connectivity index (χ1v) is 13.0. The zero-order valence-electron chi connectivity index (χ0n) is 21.9. The topological polar surface area (TPSA) is 79.3 Å². The van der Waals surface area contributed by atoms with E-state index in [2.05, 4.69) is 6.92 Å². The standard InChI is InChI=1S/C31H32N2O5/c1-4-16-37-24-8-6-7-23(19-24)33-28(21-11-9-20(5-2)10-12-21)27(30(35)31(33)36)29(34)22-13-14-26-25(18-22)32(3)15-17-38-26/h6-14,18-19,28,34H,4-5,15-17H2,1-3H3/b29-27-. The Kier molecular flexibility index (Phi) is 7.09. The fraction of sp³-hybridized carbons (Fsp3) is 0.290. The Hall–Kier alpha value is -4.26. The summed E-state index contributed by atoms with van der Waals surface area (Å²) in [5.41, 5.74) is 3.73. The van der Waals surface area contributed by atoms with Gasteiger partial charge in [-0.25, -0.2) is 0 Å². The maximum atomic E-state index is 13.5. The predicted octanol–water partition coefficient (Wildman–Crippen LogP) is 5.49. The highest BCUT2D eigenvalue weighted by atomic mass is 16.5. The first-order chi connectivity index (χ1) is 18.4. The Morgan fingerprint density at radius 1 is 1.05 bits per heavy atom. The number of benzene rings is 3. The van der Waals surface area contributed by atoms with E-state index in [1.807, 2.05) is 49.2 Å². The normalized spacial score (nSPS) is 18.3. The maximum absolute atomic E-state index is 13.5. The van der Waals surface area contributed by atoms with Crippen LogP contribution >= 0.6 is 0 Å². The van der Waals surface area contributed by atoms with Crippen LogP contribution in [0.5, 0.6) is 11.5 Å². The molecule has 7 nitrogen and oxygen atoms in total. The van der Waals surface area contributed by atoms with Gasteiger partial charge in [-0.15, -0.1) is 0 Å². The second-order valence-corrected chi connectivity index (χ2v) is 9.56. The lowest BCUT2D eigenvalue weighted by molar-refractivity contribution is -0.132. The summed E-state index contributed by atoms with van der Waals surface area (Å²) in [6.07, 6.45) is 1.71. The molecule has 2 aliphatic heterocycles. The summed E-state index contributed by atoms with van der Waals surface area (Å²) < 4.78 is 11.5. The number of Topliss-reactive ketones (excluding diaryl/α,β-unsaturated/α-hetero) is 1. The molecular formula is C31H32N2O5. The Morgan fingerprint density at radius 3 is 2.58 bits per heavy atom. The van der Waals surface area contributed by atoms with Gasteiger partial charge in [0.2, 0.25) is 0 Å². The predicted molar refractivity (Wildman–Crippen MR) is 148 cm³/mol. The molecule has 1 N–H and O–H groups in total. The Bertz CT molecular complexity index is 1400. The van der Waals surface area contributed by atoms with Crippen molar-refractivity contribution in [3.63, 3.8) is 0 Å². The summed E-state index contributed by atoms with van der Waals surface area (Å²) in [5.74, 6) is -0.303. The molecule has 3 aromatic rings. The van der Waals surface area contributed by atoms with Crippen LogP contribution in [0.25, 0.3) is 5.76 Å². The number of carbonyl (C=O) groups is 2. The minimum atomic E-state index is -0.799. The van der Waals surface area contributed by atoms with Crippen molar-refractivity contribution in [1.29, 1.82) is 0 Å². The van der Waals surface area contributed by atoms with Gasteiger partial charge in [-0.2, -0.15) is 0 Å². The molecule has 1 saturated heterocycles. The van der Waals surface area contributed by atoms with Crippen LogP contribution in [-0.4, -0.2) is 43.6 Å². The first kappa shape index (κ1) is 25.4. The molecule has 0 radical (unpaired) electrons. The molecule has 3 aromatic carbocycles. The van der Waals surface area contributed by atoms with Crippen molar-refractivity contribution in [1.82, 2.24) is 0 Å². The monoisotopic (exact) mass is 512 g/mol. The van der Waals surface area contributed by atoms with Crippen LogP contribution in [0.2, 0.25) is 0 Å². The van der Waals surface area contributed by atoms with Gasteiger partial charge in [-0.1, -0.05) is 44.2 Å². The summed E-state index contributed by atoms with van der Waals surface area (Å²) in [4.78, 5) is 30.6. The van der Waals surface area contributed by atoms with E-state index in [0.717, 1.165) is 29.7 Å². The molecule has 38 heavy (non-hydrogen) atoms. The van der Waals surface area contributed by atoms with Crippen molar-refractivity contribution in [2.24, 2.45) is 0 Å². The lowest BCUT2D eigenvalue weighted by Crippen LogP contribution is -2.29. The molecule has 1 atom stereocenters. The van der Waals surface area contributed by atoms with Gasteiger partial charge < -0.3 is 19.5 Å². The second-order valence-electron chi connectivity index (χ2n) is 9.56. The van der Waals surface area contributed by atoms with Gasteiger partial charge in [-0.05, 0) is 54.3 Å². The third kappa shape index (κ3) is 4.60. The van der Waals surface area contributed by atoms with Gasteiger partial charge in [0.1, 0.15) is 23.9 Å². The van der Waals surface area contributed by atoms with Crippen LogP contribution in [-0.2, 0) is 16.0 Å². The number of nitrogens with zero attached hydrogens (tertiary/aromatic N) is 2. The van der Waals surface area contributed by atoms with E-state index in [0.29, 0.717) is 42.5 Å². The molecule has 0 aliphatic carbocycles. The summed E-state index contributed by atoms with van der Waals surface area (Å²) >= 11 is 0. The van der Waals surface area contributed by atoms with Crippen LogP contribution < -0.4 is 19.3 Å². The summed E-state index contributed by atoms with van der Waals surface area (Å²) in [6, 6.07) is 19.5. The summed E-state index contributed by atoms with van der Waals surface area (Å²) in [6.45, 7) is 5.92. The molecule has 5 rings (SSSR count). The number of amides is 1. The van der Waals surface area contributed by atoms with Gasteiger partial charge in [0.05, 0.1) is 30.5 Å². The second kappa shape index (κ2) is 10.6. The molecule has 1 amide bonds. The highest BCUT2D eigenvalue weighted by Gasteiger charge is 2.47. The van der Waals surface area contributed by atoms with Gasteiger partial charge in [0.15, 0.2) is 0 Å². The van der Waals surface area contributed by atoms with Gasteiger partial charge in [0, 0.05) is 24.4 Å². The highest BCUT2D eigenvalue weighted by Crippen LogP contribution is 2.44. The van der Waals surface area contributed by atoms with Crippen molar-refractivity contribution in [2.45, 2.75) is 32.7 Å². The molecule has 196 valence electrons. The number of likely N-dealkylation sites (N-methyl/N-ethyl adjacent to an activating group) is 1. The lowest BCUT2D eigenvalue weighted by Gasteiger charge is -2.28. The van der Waals surface area contributed by atoms with Crippen LogP contribution in [0.3, 0.4) is 0 Å². The smallest absolute Gasteiger partial charge is 0.300 e. The average Bonchev–Trinajstić information content (AvgIpc) is 3.21. The molecule has 1 unspecified atom stereocenters. The molecule has 1 fully saturated rings. The fourth-order valence-electron chi connectivity index (χ4n) is 4.95. The van der Waals surface area contributed by atoms with E-state index in [-0.39, 0.29) is 11.3 Å². The third-order valence-corrected chi connectivity index (χ3v) is 7.04. The van der Waals surface area contributed by atoms with Gasteiger partial charge in [-0.3, -0.25) is 14.5 Å². The molecule has 7 heteroatoms. The molecule has 2 heterocycles. The number of ketones is 1. The highest BCUT2D eigenvalue weighted by molar-refractivity contribution is 6.51. The third-order valence-electron chi connectivity index (χ3n) is 7.04. The maximum Gasteiger partial charge on any atom is 0.300 e. The number of fused-ring (bicyclic) bond motifs is 1. The van der Waals surface area contributed by atoms with Crippen molar-refractivity contribution in [3.8, 4) is 11.5 Å². The Labute approximate surface area is 222 Å². The minimum absolute atomic E-state index is 0.0541. The fourth-order valence-corrected chi connectivity index (χ4v) is 4.95. The van der Waals surface area contributed by atoms with E-state index >= 15 is 0 Å². The Balaban J connectivity index is 1.66. The van der Waals surface area contributed by atoms with Crippen LogP contribution in [0.15, 0.2) is 72.3 Å². The van der Waals surface area contributed by atoms with Crippen molar-refractivity contribution < 1.29 is 24.2 Å². The van der Waals surface area contributed by atoms with E-state index in [1.54, 1.807) is 36.4 Å². The quantitative estimate of drug-likeness (QED) is 0.256. The van der Waals surface area contributed by atoms with E-state index in [1.165, 1.54) is 4.90 Å². The summed E-state index contributed by atoms with van der Waals surface area (Å²) in [7, 11) is 1.95. The number of hydrogen-bond acceptors (Lipinski definition) is 6. The minimum Gasteiger partial charge on any atom is -0.507 e. The number of aliphatic hydroxyl groups is 1. The average molecular weight is 513 g/mol. The number of hydrogen-bond donors (Lipinski definition) is 1. The first-order valence-electron chi connectivity index (χ1n) is 13.0. The number of rotatable bonds is 7. The van der Waals surface area contributed by atoms with Gasteiger partial charge in [0.25, 0.3) is 11.7 Å². The molecule has 0 aromatic heterocycles. The molecule has 0 saturated carbocycles. The number of carbonyl (C=O) groups excluding carboxylic acids is 2. The van der Waals surface area contributed by atoms with Crippen molar-refractivity contribution >= 4 is 28.8 Å². The summed E-state index contributed by atoms with van der Waals surface area (Å²) in [5, 5.41) is 11.6. The lowest BCUT2D eigenvalue weighted by atomic mass is 9.94. The molecule has 0 spiro atoms. The number of aryl methyl sites for hydroxylation is 1. The van der Waals surface area contributed by atoms with Crippen molar-refractivity contribution in [3.05, 3.63) is 89.0 Å². The number of anilines is 2. The van der Waals surface area contributed by atoms with Crippen LogP contribution in [0.1, 0.15) is 43.0 Å².